The summed E-state index contributed by atoms with van der Waals surface area (Å²) in [6, 6.07) is 16.7. The van der Waals surface area contributed by atoms with Crippen molar-refractivity contribution in [2.24, 2.45) is 23.7 Å². The Balaban J connectivity index is 0.000000253. The molecule has 2 fully saturated rings. The Labute approximate surface area is 261 Å². The Morgan fingerprint density at radius 3 is 2.20 bits per heavy atom. The molecule has 0 aliphatic heterocycles. The first-order valence-corrected chi connectivity index (χ1v) is 15.6. The molecule has 3 aromatic rings. The zero-order chi connectivity index (χ0) is 28.8. The maximum atomic E-state index is 11.7. The minimum atomic E-state index is 0. The van der Waals surface area contributed by atoms with Crippen LogP contribution in [0.4, 0.5) is 0 Å². The minimum Gasteiger partial charge on any atom is -0.512 e. The van der Waals surface area contributed by atoms with Gasteiger partial charge < -0.3 is 10.1 Å². The molecule has 3 nitrogen and oxygen atoms in total. The first-order chi connectivity index (χ1) is 19.3. The van der Waals surface area contributed by atoms with Crippen LogP contribution in [0.2, 0.25) is 0 Å². The number of ketones is 1. The molecule has 4 heteroatoms. The van der Waals surface area contributed by atoms with E-state index >= 15 is 0 Å². The van der Waals surface area contributed by atoms with Crippen molar-refractivity contribution in [1.82, 2.24) is 4.98 Å². The third-order valence-corrected chi connectivity index (χ3v) is 9.45. The summed E-state index contributed by atoms with van der Waals surface area (Å²) in [5, 5.41) is 12.4. The summed E-state index contributed by atoms with van der Waals surface area (Å²) in [6.45, 7) is 12.3. The fourth-order valence-corrected chi connectivity index (χ4v) is 7.15. The van der Waals surface area contributed by atoms with E-state index in [4.69, 9.17) is 4.98 Å². The van der Waals surface area contributed by atoms with Gasteiger partial charge in [-0.15, -0.1) is 34.9 Å². The average molecular weight is 731 g/mol. The van der Waals surface area contributed by atoms with Crippen molar-refractivity contribution in [3.8, 4) is 11.3 Å². The third kappa shape index (κ3) is 7.76. The Bertz CT molecular complexity index is 1320. The molecule has 1 N–H and O–H groups in total. The van der Waals surface area contributed by atoms with E-state index in [-0.39, 0.29) is 43.5 Å². The fourth-order valence-electron chi connectivity index (χ4n) is 7.15. The molecule has 1 radical (unpaired) electrons. The van der Waals surface area contributed by atoms with Crippen LogP contribution in [0, 0.1) is 43.6 Å². The summed E-state index contributed by atoms with van der Waals surface area (Å²) >= 11 is 0. The number of benzene rings is 2. The molecule has 2 aliphatic carbocycles. The van der Waals surface area contributed by atoms with Gasteiger partial charge in [-0.05, 0) is 84.7 Å². The summed E-state index contributed by atoms with van der Waals surface area (Å²) in [6.07, 6.45) is 12.7. The number of rotatable bonds is 9. The van der Waals surface area contributed by atoms with Crippen molar-refractivity contribution in [2.75, 3.05) is 0 Å². The van der Waals surface area contributed by atoms with E-state index < -0.39 is 0 Å². The molecule has 2 aromatic carbocycles. The summed E-state index contributed by atoms with van der Waals surface area (Å²) in [5.74, 6) is 3.11. The number of carbonyl (C=O) groups excluding carboxylic acids is 1. The van der Waals surface area contributed by atoms with Crippen molar-refractivity contribution in [2.45, 2.75) is 98.8 Å². The average Bonchev–Trinajstić information content (AvgIpc) is 3.58. The number of allylic oxidation sites excluding steroid dienone is 2. The fraction of sp³-hybridized carbons (Fsp3) is 0.514. The van der Waals surface area contributed by atoms with Crippen LogP contribution in [0.3, 0.4) is 0 Å². The van der Waals surface area contributed by atoms with Gasteiger partial charge in [-0.25, -0.2) is 0 Å². The Morgan fingerprint density at radius 2 is 1.63 bits per heavy atom. The number of aliphatic hydroxyl groups excluding tert-OH is 1. The van der Waals surface area contributed by atoms with Crippen LogP contribution in [0.5, 0.6) is 0 Å². The first-order valence-electron chi connectivity index (χ1n) is 15.6. The van der Waals surface area contributed by atoms with E-state index in [9.17, 15) is 9.90 Å². The van der Waals surface area contributed by atoms with Gasteiger partial charge in [0.15, 0.2) is 5.78 Å². The van der Waals surface area contributed by atoms with Gasteiger partial charge in [0.2, 0.25) is 0 Å². The van der Waals surface area contributed by atoms with Crippen LogP contribution in [0.1, 0.15) is 102 Å². The van der Waals surface area contributed by atoms with Crippen LogP contribution in [-0.4, -0.2) is 15.9 Å². The number of hydrogen-bond donors (Lipinski definition) is 1. The molecular weight excluding hydrogens is 683 g/mol. The minimum absolute atomic E-state index is 0. The molecule has 1 aromatic heterocycles. The SMILES string of the molecule is CCC(CC)C(=O)/C=C(\O)C(CC)CC.Cc1[c-]c(-c2ncc(C3CC4CCC3C4)c3ccccc23)cc(C)c1.[Ir]. The number of aliphatic hydroxyl groups is 1. The van der Waals surface area contributed by atoms with Gasteiger partial charge in [-0.1, -0.05) is 72.2 Å². The molecule has 2 saturated carbocycles. The van der Waals surface area contributed by atoms with Crippen molar-refractivity contribution >= 4 is 16.6 Å². The molecular formula is C37H48IrNO2-. The zero-order valence-corrected chi connectivity index (χ0v) is 28.2. The molecule has 223 valence electrons. The van der Waals surface area contributed by atoms with E-state index in [0.717, 1.165) is 48.8 Å². The van der Waals surface area contributed by atoms with Gasteiger partial charge in [0.1, 0.15) is 0 Å². The van der Waals surface area contributed by atoms with E-state index in [2.05, 4.69) is 62.5 Å². The van der Waals surface area contributed by atoms with Crippen LogP contribution >= 0.6 is 0 Å². The maximum absolute atomic E-state index is 11.7. The first kappa shape index (κ1) is 33.2. The van der Waals surface area contributed by atoms with E-state index in [1.54, 1.807) is 0 Å². The topological polar surface area (TPSA) is 50.2 Å². The summed E-state index contributed by atoms with van der Waals surface area (Å²) in [7, 11) is 0. The number of carbonyl (C=O) groups is 1. The number of fused-ring (bicyclic) bond motifs is 3. The van der Waals surface area contributed by atoms with Crippen LogP contribution < -0.4 is 0 Å². The van der Waals surface area contributed by atoms with Gasteiger partial charge in [-0.3, -0.25) is 4.79 Å². The second kappa shape index (κ2) is 15.3. The van der Waals surface area contributed by atoms with E-state index in [0.29, 0.717) is 5.92 Å². The van der Waals surface area contributed by atoms with Gasteiger partial charge in [0, 0.05) is 44.2 Å². The molecule has 0 saturated heterocycles. The van der Waals surface area contributed by atoms with E-state index in [1.807, 2.05) is 27.7 Å². The maximum Gasteiger partial charge on any atom is 0.162 e. The molecule has 0 spiro atoms. The standard InChI is InChI=1S/C24H24N.C13H24O2.Ir/c1-15-9-16(2)11-19(10-15)24-21-6-4-3-5-20(21)23(14-25-24)22-13-17-7-8-18(22)12-17;1-5-10(6-2)12(14)9-13(15)11(7-3)8-4;/h3-6,9-10,14,17-18,22H,7-8,12-13H2,1-2H3;9-11,14H,5-8H2,1-4H3;/q-1;;/b;12-9-;. The molecule has 0 amide bonds. The molecule has 5 rings (SSSR count). The number of nitrogens with zero attached hydrogens (tertiary/aromatic N) is 1. The molecule has 41 heavy (non-hydrogen) atoms. The molecule has 1 heterocycles. The van der Waals surface area contributed by atoms with Gasteiger partial charge >= 0.3 is 0 Å². The van der Waals surface area contributed by atoms with Crippen LogP contribution in [0.15, 0.2) is 54.4 Å². The number of aryl methyl sites for hydroxylation is 2. The third-order valence-electron chi connectivity index (χ3n) is 9.45. The molecule has 3 unspecified atom stereocenters. The number of pyridine rings is 1. The Kier molecular flexibility index (Phi) is 12.4. The van der Waals surface area contributed by atoms with Crippen molar-refractivity contribution in [1.29, 1.82) is 0 Å². The van der Waals surface area contributed by atoms with E-state index in [1.165, 1.54) is 59.2 Å². The molecule has 2 aliphatic rings. The Morgan fingerprint density at radius 1 is 0.976 bits per heavy atom. The molecule has 3 atom stereocenters. The van der Waals surface area contributed by atoms with Crippen LogP contribution in [-0.2, 0) is 24.9 Å². The number of hydrogen-bond acceptors (Lipinski definition) is 3. The quantitative estimate of drug-likeness (QED) is 0.136. The van der Waals surface area contributed by atoms with Crippen molar-refractivity contribution in [3.05, 3.63) is 77.2 Å². The smallest absolute Gasteiger partial charge is 0.162 e. The largest absolute Gasteiger partial charge is 0.512 e. The second-order valence-corrected chi connectivity index (χ2v) is 12.1. The summed E-state index contributed by atoms with van der Waals surface area (Å²) < 4.78 is 0. The van der Waals surface area contributed by atoms with Crippen molar-refractivity contribution in [3.63, 3.8) is 0 Å². The van der Waals surface area contributed by atoms with Gasteiger partial charge in [0.05, 0.1) is 5.76 Å². The Hall–Kier alpha value is -2.29. The summed E-state index contributed by atoms with van der Waals surface area (Å²) in [4.78, 5) is 16.7. The second-order valence-electron chi connectivity index (χ2n) is 12.1. The normalized spacial score (nSPS) is 19.8. The predicted molar refractivity (Wildman–Crippen MR) is 168 cm³/mol. The van der Waals surface area contributed by atoms with Crippen LogP contribution in [0.25, 0.3) is 22.0 Å². The van der Waals surface area contributed by atoms with Crippen molar-refractivity contribution < 1.29 is 30.0 Å². The number of aromatic nitrogens is 1. The zero-order valence-electron chi connectivity index (χ0n) is 25.8. The predicted octanol–water partition coefficient (Wildman–Crippen LogP) is 10.1. The van der Waals surface area contributed by atoms with Gasteiger partial charge in [-0.2, -0.15) is 0 Å². The monoisotopic (exact) mass is 731 g/mol. The van der Waals surface area contributed by atoms with Gasteiger partial charge in [0.25, 0.3) is 0 Å². The summed E-state index contributed by atoms with van der Waals surface area (Å²) in [5.41, 5.74) is 6.13. The molecule has 2 bridgehead atoms.